The molecule has 0 amide bonds. The summed E-state index contributed by atoms with van der Waals surface area (Å²) in [6.45, 7) is 3.20. The van der Waals surface area contributed by atoms with Crippen LogP contribution in [0.25, 0.3) is 0 Å². The molecule has 1 saturated carbocycles. The molecule has 0 radical (unpaired) electrons. The van der Waals surface area contributed by atoms with E-state index in [1.807, 2.05) is 0 Å². The minimum atomic E-state index is -0.657. The van der Waals surface area contributed by atoms with Crippen molar-refractivity contribution in [2.75, 3.05) is 13.2 Å². The van der Waals surface area contributed by atoms with Gasteiger partial charge >= 0.3 is 5.97 Å². The molecule has 94 valence electrons. The third-order valence-electron chi connectivity index (χ3n) is 3.40. The van der Waals surface area contributed by atoms with Gasteiger partial charge in [0.15, 0.2) is 0 Å². The van der Waals surface area contributed by atoms with Gasteiger partial charge in [0.2, 0.25) is 0 Å². The lowest BCUT2D eigenvalue weighted by Gasteiger charge is -2.28. The Balaban J connectivity index is 2.24. The monoisotopic (exact) mass is 229 g/mol. The van der Waals surface area contributed by atoms with Crippen LogP contribution in [0.2, 0.25) is 0 Å². The van der Waals surface area contributed by atoms with E-state index in [-0.39, 0.29) is 12.5 Å². The standard InChI is InChI=1S/C12H23NO3/c1-9(5-6-14)8-13-11-4-2-3-10(7-11)12(15)16/h9-11,13-14H,2-8H2,1H3,(H,15,16). The lowest BCUT2D eigenvalue weighted by atomic mass is 9.85. The number of aliphatic carboxylic acids is 1. The predicted molar refractivity (Wildman–Crippen MR) is 62.3 cm³/mol. The molecule has 0 aliphatic heterocycles. The Morgan fingerprint density at radius 3 is 2.88 bits per heavy atom. The van der Waals surface area contributed by atoms with Crippen molar-refractivity contribution in [1.29, 1.82) is 0 Å². The van der Waals surface area contributed by atoms with Gasteiger partial charge in [0.05, 0.1) is 5.92 Å². The fraction of sp³-hybridized carbons (Fsp3) is 0.917. The third kappa shape index (κ3) is 4.49. The SMILES string of the molecule is CC(CCO)CNC1CCCC(C(=O)O)C1. The predicted octanol–water partition coefficient (Wildman–Crippen LogP) is 1.24. The number of aliphatic hydroxyl groups is 1. The average Bonchev–Trinajstić information content (AvgIpc) is 2.27. The average molecular weight is 229 g/mol. The summed E-state index contributed by atoms with van der Waals surface area (Å²) in [6.07, 6.45) is 4.46. The van der Waals surface area contributed by atoms with Crippen LogP contribution in [-0.4, -0.2) is 35.4 Å². The van der Waals surface area contributed by atoms with Gasteiger partial charge in [-0.05, 0) is 38.1 Å². The summed E-state index contributed by atoms with van der Waals surface area (Å²) in [4.78, 5) is 10.9. The van der Waals surface area contributed by atoms with E-state index in [2.05, 4.69) is 12.2 Å². The highest BCUT2D eigenvalue weighted by Gasteiger charge is 2.26. The van der Waals surface area contributed by atoms with Gasteiger partial charge in [-0.2, -0.15) is 0 Å². The van der Waals surface area contributed by atoms with Crippen LogP contribution >= 0.6 is 0 Å². The zero-order chi connectivity index (χ0) is 12.0. The summed E-state index contributed by atoms with van der Waals surface area (Å²) in [5.41, 5.74) is 0. The number of hydrogen-bond acceptors (Lipinski definition) is 3. The van der Waals surface area contributed by atoms with Crippen LogP contribution in [0.15, 0.2) is 0 Å². The van der Waals surface area contributed by atoms with Crippen LogP contribution in [-0.2, 0) is 4.79 Å². The Labute approximate surface area is 97.0 Å². The largest absolute Gasteiger partial charge is 0.481 e. The molecule has 0 spiro atoms. The summed E-state index contributed by atoms with van der Waals surface area (Å²) in [5.74, 6) is -0.371. The lowest BCUT2D eigenvalue weighted by molar-refractivity contribution is -0.143. The summed E-state index contributed by atoms with van der Waals surface area (Å²) in [5, 5.41) is 21.2. The molecule has 3 N–H and O–H groups in total. The van der Waals surface area contributed by atoms with Crippen LogP contribution in [0.4, 0.5) is 0 Å². The van der Waals surface area contributed by atoms with E-state index in [1.165, 1.54) is 0 Å². The Morgan fingerprint density at radius 2 is 2.25 bits per heavy atom. The highest BCUT2D eigenvalue weighted by molar-refractivity contribution is 5.70. The number of carboxylic acids is 1. The molecule has 16 heavy (non-hydrogen) atoms. The fourth-order valence-electron chi connectivity index (χ4n) is 2.29. The fourth-order valence-corrected chi connectivity index (χ4v) is 2.29. The van der Waals surface area contributed by atoms with Crippen molar-refractivity contribution in [3.63, 3.8) is 0 Å². The van der Waals surface area contributed by atoms with E-state index < -0.39 is 5.97 Å². The Bertz CT molecular complexity index is 220. The minimum absolute atomic E-state index is 0.167. The zero-order valence-corrected chi connectivity index (χ0v) is 9.98. The maximum absolute atomic E-state index is 10.9. The maximum atomic E-state index is 10.9. The van der Waals surface area contributed by atoms with Crippen LogP contribution in [0.5, 0.6) is 0 Å². The molecule has 3 unspecified atom stereocenters. The second-order valence-electron chi connectivity index (χ2n) is 4.92. The van der Waals surface area contributed by atoms with E-state index in [4.69, 9.17) is 10.2 Å². The molecule has 4 nitrogen and oxygen atoms in total. The van der Waals surface area contributed by atoms with Gasteiger partial charge in [0.1, 0.15) is 0 Å². The minimum Gasteiger partial charge on any atom is -0.481 e. The van der Waals surface area contributed by atoms with Gasteiger partial charge in [0, 0.05) is 12.6 Å². The summed E-state index contributed by atoms with van der Waals surface area (Å²) in [7, 11) is 0. The van der Waals surface area contributed by atoms with Crippen molar-refractivity contribution >= 4 is 5.97 Å². The molecule has 0 heterocycles. The van der Waals surface area contributed by atoms with Crippen LogP contribution in [0.1, 0.15) is 39.0 Å². The van der Waals surface area contributed by atoms with Crippen LogP contribution in [0, 0.1) is 11.8 Å². The van der Waals surface area contributed by atoms with Gasteiger partial charge in [-0.3, -0.25) is 4.79 Å². The topological polar surface area (TPSA) is 69.6 Å². The van der Waals surface area contributed by atoms with Gasteiger partial charge < -0.3 is 15.5 Å². The molecule has 4 heteroatoms. The first-order valence-electron chi connectivity index (χ1n) is 6.20. The molecule has 0 saturated heterocycles. The zero-order valence-electron chi connectivity index (χ0n) is 9.98. The third-order valence-corrected chi connectivity index (χ3v) is 3.40. The quantitative estimate of drug-likeness (QED) is 0.641. The number of hydrogen-bond donors (Lipinski definition) is 3. The van der Waals surface area contributed by atoms with Gasteiger partial charge in [0.25, 0.3) is 0 Å². The molecule has 1 fully saturated rings. The summed E-state index contributed by atoms with van der Waals surface area (Å²) in [6, 6.07) is 0.344. The normalized spacial score (nSPS) is 27.6. The first-order chi connectivity index (χ1) is 7.63. The molecule has 0 aromatic heterocycles. The number of rotatable bonds is 6. The molecular weight excluding hydrogens is 206 g/mol. The van der Waals surface area contributed by atoms with Crippen molar-refractivity contribution in [2.45, 2.75) is 45.1 Å². The van der Waals surface area contributed by atoms with E-state index in [0.717, 1.165) is 38.6 Å². The van der Waals surface area contributed by atoms with Crippen molar-refractivity contribution in [3.8, 4) is 0 Å². The van der Waals surface area contributed by atoms with Crippen LogP contribution in [0.3, 0.4) is 0 Å². The second kappa shape index (κ2) is 6.86. The smallest absolute Gasteiger partial charge is 0.306 e. The second-order valence-corrected chi connectivity index (χ2v) is 4.92. The maximum Gasteiger partial charge on any atom is 0.306 e. The van der Waals surface area contributed by atoms with E-state index in [1.54, 1.807) is 0 Å². The number of aliphatic hydroxyl groups excluding tert-OH is 1. The summed E-state index contributed by atoms with van der Waals surface area (Å²) >= 11 is 0. The number of carboxylic acid groups (broad SMARTS) is 1. The van der Waals surface area contributed by atoms with Gasteiger partial charge in [-0.25, -0.2) is 0 Å². The van der Waals surface area contributed by atoms with Gasteiger partial charge in [-0.1, -0.05) is 13.3 Å². The molecule has 1 aliphatic rings. The highest BCUT2D eigenvalue weighted by Crippen LogP contribution is 2.24. The van der Waals surface area contributed by atoms with Crippen molar-refractivity contribution in [2.24, 2.45) is 11.8 Å². The Morgan fingerprint density at radius 1 is 1.50 bits per heavy atom. The lowest BCUT2D eigenvalue weighted by Crippen LogP contribution is -2.38. The molecule has 1 rings (SSSR count). The Kier molecular flexibility index (Phi) is 5.77. The first kappa shape index (κ1) is 13.5. The Hall–Kier alpha value is -0.610. The molecule has 3 atom stereocenters. The van der Waals surface area contributed by atoms with Crippen molar-refractivity contribution in [3.05, 3.63) is 0 Å². The van der Waals surface area contributed by atoms with Crippen LogP contribution < -0.4 is 5.32 Å². The van der Waals surface area contributed by atoms with E-state index in [0.29, 0.717) is 12.0 Å². The first-order valence-corrected chi connectivity index (χ1v) is 6.20. The number of carbonyl (C=O) groups is 1. The molecule has 0 bridgehead atoms. The molecule has 0 aromatic carbocycles. The van der Waals surface area contributed by atoms with Gasteiger partial charge in [-0.15, -0.1) is 0 Å². The van der Waals surface area contributed by atoms with Crippen molar-refractivity contribution < 1.29 is 15.0 Å². The van der Waals surface area contributed by atoms with Crippen molar-refractivity contribution in [1.82, 2.24) is 5.32 Å². The van der Waals surface area contributed by atoms with E-state index in [9.17, 15) is 4.79 Å². The highest BCUT2D eigenvalue weighted by atomic mass is 16.4. The summed E-state index contributed by atoms with van der Waals surface area (Å²) < 4.78 is 0. The molecule has 0 aromatic rings. The molecular formula is C12H23NO3. The number of nitrogens with one attached hydrogen (secondary N) is 1. The molecule has 1 aliphatic carbocycles. The van der Waals surface area contributed by atoms with E-state index >= 15 is 0 Å².